The summed E-state index contributed by atoms with van der Waals surface area (Å²) >= 11 is 0. The molecule has 1 N–H and O–H groups in total. The van der Waals surface area contributed by atoms with Crippen molar-refractivity contribution in [2.75, 3.05) is 20.2 Å². The maximum atomic E-state index is 8.75. The molecule has 0 spiro atoms. The summed E-state index contributed by atoms with van der Waals surface area (Å²) in [4.78, 5) is 6.59. The highest BCUT2D eigenvalue weighted by atomic mass is 16.3. The van der Waals surface area contributed by atoms with Crippen LogP contribution in [0, 0.1) is 6.92 Å². The van der Waals surface area contributed by atoms with Crippen molar-refractivity contribution in [1.29, 1.82) is 0 Å². The Morgan fingerprint density at radius 2 is 2.17 bits per heavy atom. The summed E-state index contributed by atoms with van der Waals surface area (Å²) in [6.45, 7) is 4.03. The molecule has 0 aliphatic rings. The van der Waals surface area contributed by atoms with Gasteiger partial charge in [-0.1, -0.05) is 6.07 Å². The molecule has 0 aliphatic heterocycles. The topological polar surface area (TPSA) is 49.5 Å². The lowest BCUT2D eigenvalue weighted by Gasteiger charge is -2.16. The average molecular weight is 248 g/mol. The van der Waals surface area contributed by atoms with Crippen LogP contribution in [0.2, 0.25) is 0 Å². The molecule has 1 heterocycles. The number of benzene rings is 1. The zero-order valence-corrected chi connectivity index (χ0v) is 11.0. The Bertz CT molecular complexity index is 507. The highest BCUT2D eigenvalue weighted by Crippen LogP contribution is 2.17. The van der Waals surface area contributed by atoms with Crippen LogP contribution >= 0.6 is 0 Å². The first-order valence-electron chi connectivity index (χ1n) is 6.34. The van der Waals surface area contributed by atoms with Crippen molar-refractivity contribution < 1.29 is 9.52 Å². The van der Waals surface area contributed by atoms with Crippen LogP contribution < -0.4 is 0 Å². The number of aromatic nitrogens is 1. The van der Waals surface area contributed by atoms with Gasteiger partial charge in [-0.05, 0) is 44.1 Å². The van der Waals surface area contributed by atoms with Gasteiger partial charge in [0.05, 0.1) is 0 Å². The van der Waals surface area contributed by atoms with Gasteiger partial charge in [-0.25, -0.2) is 4.98 Å². The predicted molar refractivity (Wildman–Crippen MR) is 71.4 cm³/mol. The number of hydrogen-bond donors (Lipinski definition) is 1. The molecule has 0 aliphatic carbocycles. The number of aryl methyl sites for hydroxylation is 1. The van der Waals surface area contributed by atoms with E-state index in [4.69, 9.17) is 9.52 Å². The number of aliphatic hydroxyl groups is 1. The van der Waals surface area contributed by atoms with Crippen LogP contribution in [-0.2, 0) is 6.54 Å². The van der Waals surface area contributed by atoms with Crippen LogP contribution in [0.5, 0.6) is 0 Å². The maximum Gasteiger partial charge on any atom is 0.192 e. The van der Waals surface area contributed by atoms with Crippen molar-refractivity contribution in [3.8, 4) is 0 Å². The summed E-state index contributed by atoms with van der Waals surface area (Å²) in [7, 11) is 2.09. The number of hydrogen-bond acceptors (Lipinski definition) is 4. The summed E-state index contributed by atoms with van der Waals surface area (Å²) in [5.74, 6) is 0.707. The summed E-state index contributed by atoms with van der Waals surface area (Å²) in [5, 5.41) is 8.75. The molecule has 1 aromatic carbocycles. The van der Waals surface area contributed by atoms with E-state index in [0.717, 1.165) is 37.0 Å². The van der Waals surface area contributed by atoms with Crippen LogP contribution in [-0.4, -0.2) is 35.2 Å². The first-order chi connectivity index (χ1) is 8.69. The summed E-state index contributed by atoms with van der Waals surface area (Å²) in [6, 6.07) is 6.14. The highest BCUT2D eigenvalue weighted by Gasteiger charge is 2.05. The Balaban J connectivity index is 1.98. The van der Waals surface area contributed by atoms with Crippen LogP contribution in [0.3, 0.4) is 0 Å². The van der Waals surface area contributed by atoms with E-state index in [1.54, 1.807) is 0 Å². The van der Waals surface area contributed by atoms with E-state index in [-0.39, 0.29) is 6.61 Å². The summed E-state index contributed by atoms with van der Waals surface area (Å²) < 4.78 is 5.45. The van der Waals surface area contributed by atoms with Crippen molar-refractivity contribution in [2.45, 2.75) is 26.3 Å². The molecule has 0 fully saturated rings. The van der Waals surface area contributed by atoms with Gasteiger partial charge in [-0.3, -0.25) is 0 Å². The van der Waals surface area contributed by atoms with Crippen LogP contribution in [0.1, 0.15) is 24.3 Å². The van der Waals surface area contributed by atoms with E-state index < -0.39 is 0 Å². The average Bonchev–Trinajstić information content (AvgIpc) is 2.69. The van der Waals surface area contributed by atoms with E-state index in [1.807, 2.05) is 13.0 Å². The van der Waals surface area contributed by atoms with E-state index in [1.165, 1.54) is 5.56 Å². The van der Waals surface area contributed by atoms with E-state index in [0.29, 0.717) is 5.89 Å². The molecular formula is C14H20N2O2. The molecule has 98 valence electrons. The number of rotatable bonds is 6. The Labute approximate surface area is 107 Å². The van der Waals surface area contributed by atoms with Crippen molar-refractivity contribution in [2.24, 2.45) is 0 Å². The van der Waals surface area contributed by atoms with Crippen molar-refractivity contribution in [3.63, 3.8) is 0 Å². The normalized spacial score (nSPS) is 11.6. The second-order valence-corrected chi connectivity index (χ2v) is 4.70. The Kier molecular flexibility index (Phi) is 4.33. The molecule has 4 nitrogen and oxygen atoms in total. The second-order valence-electron chi connectivity index (χ2n) is 4.70. The van der Waals surface area contributed by atoms with Gasteiger partial charge >= 0.3 is 0 Å². The SMILES string of the molecule is Cc1nc2cc(CN(C)CCCCO)ccc2o1. The van der Waals surface area contributed by atoms with Gasteiger partial charge in [0.25, 0.3) is 0 Å². The minimum atomic E-state index is 0.276. The molecule has 4 heteroatoms. The predicted octanol–water partition coefficient (Wildman–Crippen LogP) is 2.34. The van der Waals surface area contributed by atoms with Gasteiger partial charge in [0.1, 0.15) is 5.52 Å². The number of aliphatic hydroxyl groups excluding tert-OH is 1. The smallest absolute Gasteiger partial charge is 0.192 e. The molecule has 0 amide bonds. The van der Waals surface area contributed by atoms with Gasteiger partial charge in [0.2, 0.25) is 0 Å². The van der Waals surface area contributed by atoms with E-state index in [9.17, 15) is 0 Å². The van der Waals surface area contributed by atoms with Crippen LogP contribution in [0.15, 0.2) is 22.6 Å². The highest BCUT2D eigenvalue weighted by molar-refractivity contribution is 5.73. The third-order valence-electron chi connectivity index (χ3n) is 2.96. The zero-order valence-electron chi connectivity index (χ0n) is 11.0. The fourth-order valence-electron chi connectivity index (χ4n) is 2.07. The van der Waals surface area contributed by atoms with Gasteiger partial charge in [-0.15, -0.1) is 0 Å². The molecule has 0 unspecified atom stereocenters. The first-order valence-corrected chi connectivity index (χ1v) is 6.34. The first kappa shape index (κ1) is 13.1. The fourth-order valence-corrected chi connectivity index (χ4v) is 2.07. The van der Waals surface area contributed by atoms with Crippen molar-refractivity contribution >= 4 is 11.1 Å². The number of nitrogens with zero attached hydrogens (tertiary/aromatic N) is 2. The molecule has 2 aromatic rings. The Hall–Kier alpha value is -1.39. The summed E-state index contributed by atoms with van der Waals surface area (Å²) in [5.41, 5.74) is 3.01. The molecule has 0 atom stereocenters. The van der Waals surface area contributed by atoms with Gasteiger partial charge in [-0.2, -0.15) is 0 Å². The molecular weight excluding hydrogens is 228 g/mol. The molecule has 1 aromatic heterocycles. The van der Waals surface area contributed by atoms with Crippen LogP contribution in [0.4, 0.5) is 0 Å². The van der Waals surface area contributed by atoms with Gasteiger partial charge in [0.15, 0.2) is 11.5 Å². The van der Waals surface area contributed by atoms with Crippen molar-refractivity contribution in [1.82, 2.24) is 9.88 Å². The quantitative estimate of drug-likeness (QED) is 0.797. The largest absolute Gasteiger partial charge is 0.441 e. The van der Waals surface area contributed by atoms with Crippen LogP contribution in [0.25, 0.3) is 11.1 Å². The zero-order chi connectivity index (χ0) is 13.0. The monoisotopic (exact) mass is 248 g/mol. The summed E-state index contributed by atoms with van der Waals surface area (Å²) in [6.07, 6.45) is 1.89. The fraction of sp³-hybridized carbons (Fsp3) is 0.500. The minimum Gasteiger partial charge on any atom is -0.441 e. The Morgan fingerprint density at radius 1 is 1.33 bits per heavy atom. The minimum absolute atomic E-state index is 0.276. The lowest BCUT2D eigenvalue weighted by molar-refractivity contribution is 0.261. The van der Waals surface area contributed by atoms with Crippen molar-refractivity contribution in [3.05, 3.63) is 29.7 Å². The molecule has 18 heavy (non-hydrogen) atoms. The van der Waals surface area contributed by atoms with E-state index in [2.05, 4.69) is 29.1 Å². The molecule has 0 bridgehead atoms. The number of oxazole rings is 1. The number of unbranched alkanes of at least 4 members (excludes halogenated alkanes) is 1. The maximum absolute atomic E-state index is 8.75. The molecule has 0 saturated heterocycles. The van der Waals surface area contributed by atoms with E-state index >= 15 is 0 Å². The molecule has 0 saturated carbocycles. The molecule has 0 radical (unpaired) electrons. The lowest BCUT2D eigenvalue weighted by Crippen LogP contribution is -2.19. The third kappa shape index (κ3) is 3.31. The van der Waals surface area contributed by atoms with Gasteiger partial charge < -0.3 is 14.4 Å². The number of fused-ring (bicyclic) bond motifs is 1. The third-order valence-corrected chi connectivity index (χ3v) is 2.96. The van der Waals surface area contributed by atoms with Gasteiger partial charge in [0, 0.05) is 20.1 Å². The lowest BCUT2D eigenvalue weighted by atomic mass is 10.2. The molecule has 2 rings (SSSR count). The second kappa shape index (κ2) is 5.98. The standard InChI is InChI=1S/C14H20N2O2/c1-11-15-13-9-12(5-6-14(13)18-11)10-16(2)7-3-4-8-17/h5-6,9,17H,3-4,7-8,10H2,1-2H3. The Morgan fingerprint density at radius 3 is 2.94 bits per heavy atom.